The lowest BCUT2D eigenvalue weighted by Gasteiger charge is -2.09. The van der Waals surface area contributed by atoms with Gasteiger partial charge in [-0.1, -0.05) is 48.5 Å². The standard InChI is InChI=1S/C17H15N3O/c1-12-15(13-8-4-2-5-9-13)19-17(20-16(12)21)18-14-10-6-3-7-11-14/h2-11H,1H3,(H2,18,19,20,21). The van der Waals surface area contributed by atoms with Gasteiger partial charge in [-0.15, -0.1) is 0 Å². The lowest BCUT2D eigenvalue weighted by Crippen LogP contribution is -2.15. The number of rotatable bonds is 3. The van der Waals surface area contributed by atoms with Crippen LogP contribution in [0.3, 0.4) is 0 Å². The molecule has 1 aromatic heterocycles. The van der Waals surface area contributed by atoms with E-state index in [0.29, 0.717) is 17.2 Å². The molecule has 0 aliphatic heterocycles. The molecule has 0 spiro atoms. The Balaban J connectivity index is 2.04. The monoisotopic (exact) mass is 277 g/mol. The summed E-state index contributed by atoms with van der Waals surface area (Å²) in [5.41, 5.74) is 2.97. The molecule has 3 aromatic rings. The lowest BCUT2D eigenvalue weighted by molar-refractivity contribution is 1.09. The number of anilines is 2. The highest BCUT2D eigenvalue weighted by atomic mass is 16.1. The highest BCUT2D eigenvalue weighted by Crippen LogP contribution is 2.20. The molecule has 3 rings (SSSR count). The number of aromatic amines is 1. The maximum Gasteiger partial charge on any atom is 0.255 e. The van der Waals surface area contributed by atoms with Crippen molar-refractivity contribution in [2.75, 3.05) is 5.32 Å². The van der Waals surface area contributed by atoms with Gasteiger partial charge < -0.3 is 5.32 Å². The van der Waals surface area contributed by atoms with Crippen LogP contribution in [-0.2, 0) is 0 Å². The first kappa shape index (κ1) is 13.1. The first-order chi connectivity index (χ1) is 10.2. The van der Waals surface area contributed by atoms with Gasteiger partial charge in [0.1, 0.15) is 0 Å². The van der Waals surface area contributed by atoms with E-state index < -0.39 is 0 Å². The van der Waals surface area contributed by atoms with Crippen LogP contribution in [0.15, 0.2) is 65.5 Å². The van der Waals surface area contributed by atoms with E-state index in [1.165, 1.54) is 0 Å². The Bertz CT molecular complexity index is 795. The molecular weight excluding hydrogens is 262 g/mol. The molecule has 2 aromatic carbocycles. The fraction of sp³-hybridized carbons (Fsp3) is 0.0588. The fourth-order valence-electron chi connectivity index (χ4n) is 2.13. The Morgan fingerprint density at radius 2 is 1.57 bits per heavy atom. The van der Waals surface area contributed by atoms with Gasteiger partial charge in [0, 0.05) is 16.8 Å². The maximum atomic E-state index is 12.1. The van der Waals surface area contributed by atoms with Crippen molar-refractivity contribution < 1.29 is 0 Å². The lowest BCUT2D eigenvalue weighted by atomic mass is 10.1. The first-order valence-corrected chi connectivity index (χ1v) is 6.72. The Hall–Kier alpha value is -2.88. The van der Waals surface area contributed by atoms with Crippen molar-refractivity contribution in [2.45, 2.75) is 6.92 Å². The first-order valence-electron chi connectivity index (χ1n) is 6.72. The van der Waals surface area contributed by atoms with E-state index in [4.69, 9.17) is 0 Å². The third-order valence-corrected chi connectivity index (χ3v) is 3.24. The molecule has 0 saturated heterocycles. The molecule has 104 valence electrons. The molecular formula is C17H15N3O. The predicted octanol–water partition coefficient (Wildman–Crippen LogP) is 3.49. The van der Waals surface area contributed by atoms with E-state index in [-0.39, 0.29) is 5.56 Å². The summed E-state index contributed by atoms with van der Waals surface area (Å²) < 4.78 is 0. The molecule has 1 heterocycles. The van der Waals surface area contributed by atoms with Crippen molar-refractivity contribution in [1.82, 2.24) is 9.97 Å². The smallest absolute Gasteiger partial charge is 0.255 e. The molecule has 0 aliphatic carbocycles. The molecule has 21 heavy (non-hydrogen) atoms. The van der Waals surface area contributed by atoms with Crippen molar-refractivity contribution in [3.8, 4) is 11.3 Å². The Morgan fingerprint density at radius 3 is 2.24 bits per heavy atom. The summed E-state index contributed by atoms with van der Waals surface area (Å²) in [4.78, 5) is 19.4. The number of aromatic nitrogens is 2. The second-order valence-corrected chi connectivity index (χ2v) is 4.75. The molecule has 0 aliphatic rings. The Morgan fingerprint density at radius 1 is 0.952 bits per heavy atom. The van der Waals surface area contributed by atoms with Crippen LogP contribution >= 0.6 is 0 Å². The highest BCUT2D eigenvalue weighted by Gasteiger charge is 2.09. The molecule has 0 radical (unpaired) electrons. The zero-order valence-electron chi connectivity index (χ0n) is 11.6. The van der Waals surface area contributed by atoms with Gasteiger partial charge in [0.15, 0.2) is 0 Å². The van der Waals surface area contributed by atoms with Crippen molar-refractivity contribution in [3.05, 3.63) is 76.6 Å². The van der Waals surface area contributed by atoms with Gasteiger partial charge in [0.05, 0.1) is 5.69 Å². The van der Waals surface area contributed by atoms with E-state index in [0.717, 1.165) is 11.3 Å². The minimum Gasteiger partial charge on any atom is -0.326 e. The minimum absolute atomic E-state index is 0.137. The zero-order valence-corrected chi connectivity index (χ0v) is 11.6. The third-order valence-electron chi connectivity index (χ3n) is 3.24. The number of benzene rings is 2. The maximum absolute atomic E-state index is 12.1. The molecule has 0 atom stereocenters. The van der Waals surface area contributed by atoms with E-state index in [1.807, 2.05) is 60.7 Å². The largest absolute Gasteiger partial charge is 0.326 e. The van der Waals surface area contributed by atoms with Crippen LogP contribution in [0, 0.1) is 6.92 Å². The van der Waals surface area contributed by atoms with Crippen molar-refractivity contribution in [3.63, 3.8) is 0 Å². The van der Waals surface area contributed by atoms with Crippen LogP contribution in [0.4, 0.5) is 11.6 Å². The summed E-state index contributed by atoms with van der Waals surface area (Å²) in [6.07, 6.45) is 0. The summed E-state index contributed by atoms with van der Waals surface area (Å²) in [5.74, 6) is 0.440. The SMILES string of the molecule is Cc1c(-c2ccccc2)nc(Nc2ccccc2)[nH]c1=O. The molecule has 4 nitrogen and oxygen atoms in total. The van der Waals surface area contributed by atoms with Crippen molar-refractivity contribution >= 4 is 11.6 Å². The summed E-state index contributed by atoms with van der Waals surface area (Å²) in [7, 11) is 0. The molecule has 2 N–H and O–H groups in total. The van der Waals surface area contributed by atoms with E-state index >= 15 is 0 Å². The van der Waals surface area contributed by atoms with Crippen LogP contribution in [-0.4, -0.2) is 9.97 Å². The van der Waals surface area contributed by atoms with Crippen LogP contribution < -0.4 is 10.9 Å². The van der Waals surface area contributed by atoms with Crippen molar-refractivity contribution in [2.24, 2.45) is 0 Å². The Kier molecular flexibility index (Phi) is 3.51. The fourth-order valence-corrected chi connectivity index (χ4v) is 2.13. The zero-order chi connectivity index (χ0) is 14.7. The second kappa shape index (κ2) is 5.63. The molecule has 0 saturated carbocycles. The topological polar surface area (TPSA) is 57.8 Å². The summed E-state index contributed by atoms with van der Waals surface area (Å²) >= 11 is 0. The molecule has 0 bridgehead atoms. The van der Waals surface area contributed by atoms with Gasteiger partial charge in [0.2, 0.25) is 5.95 Å². The van der Waals surface area contributed by atoms with Crippen LogP contribution in [0.5, 0.6) is 0 Å². The number of hydrogen-bond acceptors (Lipinski definition) is 3. The van der Waals surface area contributed by atoms with Crippen LogP contribution in [0.25, 0.3) is 11.3 Å². The average molecular weight is 277 g/mol. The summed E-state index contributed by atoms with van der Waals surface area (Å²) in [6.45, 7) is 1.78. The number of nitrogens with one attached hydrogen (secondary N) is 2. The summed E-state index contributed by atoms with van der Waals surface area (Å²) in [6, 6.07) is 19.3. The number of nitrogens with zero attached hydrogens (tertiary/aromatic N) is 1. The molecule has 0 fully saturated rings. The van der Waals surface area contributed by atoms with Crippen LogP contribution in [0.2, 0.25) is 0 Å². The number of para-hydroxylation sites is 1. The predicted molar refractivity (Wildman–Crippen MR) is 84.8 cm³/mol. The molecule has 0 amide bonds. The normalized spacial score (nSPS) is 10.3. The van der Waals surface area contributed by atoms with Gasteiger partial charge in [0.25, 0.3) is 5.56 Å². The van der Waals surface area contributed by atoms with Gasteiger partial charge in [-0.2, -0.15) is 0 Å². The van der Waals surface area contributed by atoms with E-state index in [1.54, 1.807) is 6.92 Å². The van der Waals surface area contributed by atoms with Gasteiger partial charge >= 0.3 is 0 Å². The van der Waals surface area contributed by atoms with Gasteiger partial charge in [-0.3, -0.25) is 9.78 Å². The summed E-state index contributed by atoms with van der Waals surface area (Å²) in [5, 5.41) is 3.12. The van der Waals surface area contributed by atoms with Gasteiger partial charge in [-0.25, -0.2) is 4.98 Å². The molecule has 4 heteroatoms. The van der Waals surface area contributed by atoms with Crippen LogP contribution in [0.1, 0.15) is 5.56 Å². The van der Waals surface area contributed by atoms with Gasteiger partial charge in [-0.05, 0) is 19.1 Å². The minimum atomic E-state index is -0.137. The quantitative estimate of drug-likeness (QED) is 0.770. The number of H-pyrrole nitrogens is 1. The van der Waals surface area contributed by atoms with E-state index in [2.05, 4.69) is 15.3 Å². The Labute approximate surface area is 122 Å². The van der Waals surface area contributed by atoms with Crippen molar-refractivity contribution in [1.29, 1.82) is 0 Å². The third kappa shape index (κ3) is 2.84. The average Bonchev–Trinajstić information content (AvgIpc) is 2.52. The van der Waals surface area contributed by atoms with E-state index in [9.17, 15) is 4.79 Å². The highest BCUT2D eigenvalue weighted by molar-refractivity contribution is 5.64. The second-order valence-electron chi connectivity index (χ2n) is 4.75. The molecule has 0 unspecified atom stereocenters. The number of hydrogen-bond donors (Lipinski definition) is 2.